The third kappa shape index (κ3) is 4.01. The van der Waals surface area contributed by atoms with Crippen molar-refractivity contribution in [3.05, 3.63) is 23.2 Å². The van der Waals surface area contributed by atoms with Crippen LogP contribution in [0.3, 0.4) is 0 Å². The van der Waals surface area contributed by atoms with Gasteiger partial charge in [-0.25, -0.2) is 13.6 Å². The van der Waals surface area contributed by atoms with E-state index in [4.69, 9.17) is 11.6 Å². The fourth-order valence-corrected chi connectivity index (χ4v) is 2.14. The molecule has 8 heteroatoms. The summed E-state index contributed by atoms with van der Waals surface area (Å²) in [5.74, 6) is -5.16. The Morgan fingerprint density at radius 1 is 1.44 bits per heavy atom. The van der Waals surface area contributed by atoms with Gasteiger partial charge in [-0.3, -0.25) is 0 Å². The highest BCUT2D eigenvalue weighted by atomic mass is 35.5. The number of alkyl halides is 4. The Bertz CT molecular complexity index is 477. The lowest BCUT2D eigenvalue weighted by Gasteiger charge is -2.14. The average molecular weight is 300 g/mol. The Morgan fingerprint density at radius 2 is 2.11 bits per heavy atom. The highest BCUT2D eigenvalue weighted by molar-refractivity contribution is 7.99. The summed E-state index contributed by atoms with van der Waals surface area (Å²) in [6.45, 7) is 0. The molecule has 0 aromatic heterocycles. The van der Waals surface area contributed by atoms with E-state index in [9.17, 15) is 22.4 Å². The zero-order valence-electron chi connectivity index (χ0n) is 8.67. The maximum absolute atomic E-state index is 12.7. The summed E-state index contributed by atoms with van der Waals surface area (Å²) in [6, 6.07) is 3.93. The first kappa shape index (κ1) is 15.0. The van der Waals surface area contributed by atoms with E-state index >= 15 is 0 Å². The Kier molecular flexibility index (Phi) is 5.19. The van der Waals surface area contributed by atoms with Gasteiger partial charge in [-0.05, 0) is 18.2 Å². The van der Waals surface area contributed by atoms with Crippen LogP contribution in [-0.2, 0) is 4.79 Å². The largest absolute Gasteiger partial charge is 0.316 e. The highest BCUT2D eigenvalue weighted by Crippen LogP contribution is 2.35. The van der Waals surface area contributed by atoms with Crippen LogP contribution in [0.5, 0.6) is 0 Å². The summed E-state index contributed by atoms with van der Waals surface area (Å²) >= 11 is 6.24. The minimum atomic E-state index is -4.08. The van der Waals surface area contributed by atoms with E-state index in [0.717, 1.165) is 0 Å². The Balaban J connectivity index is 2.77. The number of benzene rings is 1. The predicted molar refractivity (Wildman–Crippen MR) is 60.9 cm³/mol. The SMILES string of the molecule is O=C=Nc1ccc(SCC(F)(F)C(F)F)c(Cl)c1. The van der Waals surface area contributed by atoms with E-state index in [1.165, 1.54) is 24.3 Å². The molecule has 0 amide bonds. The summed E-state index contributed by atoms with van der Waals surface area (Å²) < 4.78 is 49.2. The van der Waals surface area contributed by atoms with Gasteiger partial charge in [-0.15, -0.1) is 11.8 Å². The van der Waals surface area contributed by atoms with Crippen molar-refractivity contribution in [3.8, 4) is 0 Å². The van der Waals surface area contributed by atoms with E-state index in [2.05, 4.69) is 4.99 Å². The van der Waals surface area contributed by atoms with Gasteiger partial charge in [0.2, 0.25) is 6.08 Å². The van der Waals surface area contributed by atoms with Gasteiger partial charge in [-0.1, -0.05) is 11.6 Å². The van der Waals surface area contributed by atoms with Crippen LogP contribution in [0, 0.1) is 0 Å². The maximum Gasteiger partial charge on any atom is 0.316 e. The smallest absolute Gasteiger partial charge is 0.211 e. The van der Waals surface area contributed by atoms with Gasteiger partial charge >= 0.3 is 12.3 Å². The Labute approximate surface area is 109 Å². The quantitative estimate of drug-likeness (QED) is 0.351. The highest BCUT2D eigenvalue weighted by Gasteiger charge is 2.40. The molecule has 0 spiro atoms. The third-order valence-corrected chi connectivity index (χ3v) is 3.45. The summed E-state index contributed by atoms with van der Waals surface area (Å²) in [7, 11) is 0. The third-order valence-electron chi connectivity index (χ3n) is 1.83. The van der Waals surface area contributed by atoms with Gasteiger partial charge in [0.05, 0.1) is 16.5 Å². The van der Waals surface area contributed by atoms with Crippen molar-refractivity contribution in [2.24, 2.45) is 4.99 Å². The fraction of sp³-hybridized carbons (Fsp3) is 0.300. The van der Waals surface area contributed by atoms with Crippen LogP contribution in [0.1, 0.15) is 0 Å². The first-order valence-electron chi connectivity index (χ1n) is 4.53. The van der Waals surface area contributed by atoms with Crippen molar-refractivity contribution in [2.45, 2.75) is 17.2 Å². The molecule has 0 atom stereocenters. The van der Waals surface area contributed by atoms with Crippen LogP contribution in [0.15, 0.2) is 28.1 Å². The van der Waals surface area contributed by atoms with Gasteiger partial charge in [0.15, 0.2) is 0 Å². The minimum Gasteiger partial charge on any atom is -0.211 e. The van der Waals surface area contributed by atoms with Crippen molar-refractivity contribution in [3.63, 3.8) is 0 Å². The van der Waals surface area contributed by atoms with Crippen LogP contribution in [0.25, 0.3) is 0 Å². The molecule has 1 aromatic carbocycles. The van der Waals surface area contributed by atoms with Gasteiger partial charge < -0.3 is 0 Å². The van der Waals surface area contributed by atoms with Crippen LogP contribution >= 0.6 is 23.4 Å². The molecule has 0 saturated carbocycles. The van der Waals surface area contributed by atoms with Gasteiger partial charge in [-0.2, -0.15) is 13.8 Å². The number of carbonyl (C=O) groups excluding carboxylic acids is 1. The lowest BCUT2D eigenvalue weighted by Crippen LogP contribution is -2.29. The zero-order valence-corrected chi connectivity index (χ0v) is 10.2. The molecule has 0 N–H and O–H groups in total. The minimum absolute atomic E-state index is 0.0570. The zero-order chi connectivity index (χ0) is 13.8. The molecular weight excluding hydrogens is 294 g/mol. The lowest BCUT2D eigenvalue weighted by atomic mass is 10.3. The van der Waals surface area contributed by atoms with Gasteiger partial charge in [0, 0.05) is 4.90 Å². The van der Waals surface area contributed by atoms with Crippen molar-refractivity contribution >= 4 is 35.1 Å². The van der Waals surface area contributed by atoms with Crippen LogP contribution < -0.4 is 0 Å². The van der Waals surface area contributed by atoms with Gasteiger partial charge in [0.1, 0.15) is 0 Å². The summed E-state index contributed by atoms with van der Waals surface area (Å²) in [4.78, 5) is 13.5. The Hall–Kier alpha value is -1.04. The van der Waals surface area contributed by atoms with Crippen molar-refractivity contribution < 1.29 is 22.4 Å². The summed E-state index contributed by atoms with van der Waals surface area (Å²) in [6.07, 6.45) is -2.43. The van der Waals surface area contributed by atoms with Crippen molar-refractivity contribution in [2.75, 3.05) is 5.75 Å². The molecule has 0 fully saturated rings. The molecule has 0 unspecified atom stereocenters. The van der Waals surface area contributed by atoms with E-state index in [1.807, 2.05) is 0 Å². The molecule has 18 heavy (non-hydrogen) atoms. The number of rotatable bonds is 5. The molecule has 0 aliphatic carbocycles. The molecular formula is C10H6ClF4NOS. The lowest BCUT2D eigenvalue weighted by molar-refractivity contribution is -0.109. The fourth-order valence-electron chi connectivity index (χ4n) is 0.966. The molecule has 0 aliphatic heterocycles. The molecule has 0 heterocycles. The van der Waals surface area contributed by atoms with Gasteiger partial charge in [0.25, 0.3) is 0 Å². The number of aliphatic imine (C=N–C) groups is 1. The van der Waals surface area contributed by atoms with Crippen LogP contribution in [0.2, 0.25) is 5.02 Å². The molecule has 2 nitrogen and oxygen atoms in total. The Morgan fingerprint density at radius 3 is 2.61 bits per heavy atom. The van der Waals surface area contributed by atoms with E-state index in [1.54, 1.807) is 0 Å². The van der Waals surface area contributed by atoms with Crippen molar-refractivity contribution in [1.82, 2.24) is 0 Å². The van der Waals surface area contributed by atoms with Crippen LogP contribution in [0.4, 0.5) is 23.2 Å². The summed E-state index contributed by atoms with van der Waals surface area (Å²) in [5.41, 5.74) is 0.208. The number of hydrogen-bond donors (Lipinski definition) is 0. The number of hydrogen-bond acceptors (Lipinski definition) is 3. The number of halogens is 5. The number of thioether (sulfide) groups is 1. The molecule has 98 valence electrons. The van der Waals surface area contributed by atoms with E-state index in [0.29, 0.717) is 11.8 Å². The predicted octanol–water partition coefficient (Wildman–Crippen LogP) is 4.30. The molecule has 0 radical (unpaired) electrons. The van der Waals surface area contributed by atoms with Crippen molar-refractivity contribution in [1.29, 1.82) is 0 Å². The monoisotopic (exact) mass is 299 g/mol. The molecule has 1 rings (SSSR count). The number of isocyanates is 1. The first-order valence-corrected chi connectivity index (χ1v) is 5.89. The second-order valence-electron chi connectivity index (χ2n) is 3.17. The normalized spacial score (nSPS) is 11.4. The van der Waals surface area contributed by atoms with E-state index in [-0.39, 0.29) is 15.6 Å². The second kappa shape index (κ2) is 6.22. The molecule has 0 saturated heterocycles. The standard InChI is InChI=1S/C10H6ClF4NOS/c11-7-3-6(16-5-17)1-2-8(7)18-4-10(14,15)9(12)13/h1-3,9H,4H2. The molecule has 1 aromatic rings. The topological polar surface area (TPSA) is 29.4 Å². The molecule has 0 bridgehead atoms. The second-order valence-corrected chi connectivity index (χ2v) is 4.59. The van der Waals surface area contributed by atoms with E-state index < -0.39 is 18.1 Å². The number of nitrogens with zero attached hydrogens (tertiary/aromatic N) is 1. The van der Waals surface area contributed by atoms with Crippen LogP contribution in [-0.4, -0.2) is 24.2 Å². The maximum atomic E-state index is 12.7. The average Bonchev–Trinajstić information content (AvgIpc) is 2.28. The molecule has 0 aliphatic rings. The first-order chi connectivity index (χ1) is 8.36. The summed E-state index contributed by atoms with van der Waals surface area (Å²) in [5, 5.41) is 0.0570.